The van der Waals surface area contributed by atoms with Crippen LogP contribution in [0.4, 0.5) is 0 Å². The summed E-state index contributed by atoms with van der Waals surface area (Å²) >= 11 is 5.88. The molecular formula is C17H25ClN2O4. The zero-order valence-electron chi connectivity index (χ0n) is 15.3. The zero-order valence-corrected chi connectivity index (χ0v) is 16.0. The van der Waals surface area contributed by atoms with Gasteiger partial charge in [0.1, 0.15) is 11.1 Å². The molecule has 0 aliphatic heterocycles. The number of Topliss-reactive ketones (excluding diaryl/α,β-unsaturated/α-hetero) is 1. The summed E-state index contributed by atoms with van der Waals surface area (Å²) in [7, 11) is 3.01. The van der Waals surface area contributed by atoms with Crippen molar-refractivity contribution in [2.24, 2.45) is 7.05 Å². The lowest BCUT2D eigenvalue weighted by molar-refractivity contribution is -0.131. The topological polar surface area (TPSA) is 68.6 Å². The predicted octanol–water partition coefficient (Wildman–Crippen LogP) is 2.48. The largest absolute Gasteiger partial charge is 0.464 e. The van der Waals surface area contributed by atoms with E-state index >= 15 is 0 Å². The van der Waals surface area contributed by atoms with Crippen LogP contribution in [-0.4, -0.2) is 52.2 Å². The molecule has 0 unspecified atom stereocenters. The molecule has 0 aromatic carbocycles. The van der Waals surface area contributed by atoms with Crippen LogP contribution in [0.2, 0.25) is 0 Å². The number of hydrogen-bond acceptors (Lipinski definition) is 4. The highest BCUT2D eigenvalue weighted by Gasteiger charge is 2.32. The number of aromatic nitrogens is 1. The van der Waals surface area contributed by atoms with Gasteiger partial charge in [0, 0.05) is 24.8 Å². The molecule has 1 aromatic rings. The minimum Gasteiger partial charge on any atom is -0.464 e. The molecule has 7 heteroatoms. The number of rotatable bonds is 6. The van der Waals surface area contributed by atoms with Crippen molar-refractivity contribution in [2.45, 2.75) is 46.0 Å². The number of hydrogen-bond donors (Lipinski definition) is 0. The number of alkyl halides is 1. The number of ether oxygens (including phenoxy) is 1. The molecule has 0 N–H and O–H groups in total. The number of carbonyl (C=O) groups excluding carboxylic acids is 3. The van der Waals surface area contributed by atoms with Gasteiger partial charge in [-0.25, -0.2) is 4.79 Å². The number of halogens is 1. The SMILES string of the molecule is CCN(C(=O)[C@H](C)Cl)[C@H](C)C(=O)c1c(C)c(C(=O)OC)n(C)c1C. The summed E-state index contributed by atoms with van der Waals surface area (Å²) in [6.07, 6.45) is 0. The number of esters is 1. The third kappa shape index (κ3) is 3.48. The van der Waals surface area contributed by atoms with Crippen LogP contribution >= 0.6 is 11.6 Å². The van der Waals surface area contributed by atoms with Gasteiger partial charge in [0.2, 0.25) is 5.91 Å². The maximum atomic E-state index is 13.0. The molecule has 0 bridgehead atoms. The molecule has 0 aliphatic rings. The molecule has 1 rings (SSSR count). The highest BCUT2D eigenvalue weighted by Crippen LogP contribution is 2.24. The maximum Gasteiger partial charge on any atom is 0.354 e. The number of likely N-dealkylation sites (N-methyl/N-ethyl adjacent to an activating group) is 1. The zero-order chi connectivity index (χ0) is 18.8. The predicted molar refractivity (Wildman–Crippen MR) is 92.7 cm³/mol. The van der Waals surface area contributed by atoms with E-state index in [-0.39, 0.29) is 11.7 Å². The highest BCUT2D eigenvalue weighted by atomic mass is 35.5. The lowest BCUT2D eigenvalue weighted by Crippen LogP contribution is -2.46. The van der Waals surface area contributed by atoms with Crippen LogP contribution in [-0.2, 0) is 16.6 Å². The van der Waals surface area contributed by atoms with E-state index in [2.05, 4.69) is 0 Å². The van der Waals surface area contributed by atoms with Crippen molar-refractivity contribution in [2.75, 3.05) is 13.7 Å². The summed E-state index contributed by atoms with van der Waals surface area (Å²) in [5.41, 5.74) is 2.00. The first-order valence-corrected chi connectivity index (χ1v) is 8.26. The fourth-order valence-electron chi connectivity index (χ4n) is 2.93. The monoisotopic (exact) mass is 356 g/mol. The Balaban J connectivity index is 3.34. The summed E-state index contributed by atoms with van der Waals surface area (Å²) in [5.74, 6) is -1.01. The molecule has 0 saturated carbocycles. The second kappa shape index (κ2) is 7.83. The van der Waals surface area contributed by atoms with Gasteiger partial charge in [0.25, 0.3) is 0 Å². The molecular weight excluding hydrogens is 332 g/mol. The van der Waals surface area contributed by atoms with Crippen molar-refractivity contribution >= 4 is 29.3 Å². The van der Waals surface area contributed by atoms with Gasteiger partial charge in [-0.05, 0) is 40.2 Å². The van der Waals surface area contributed by atoms with Gasteiger partial charge in [-0.1, -0.05) is 0 Å². The average molecular weight is 357 g/mol. The van der Waals surface area contributed by atoms with E-state index in [0.717, 1.165) is 0 Å². The van der Waals surface area contributed by atoms with E-state index in [1.807, 2.05) is 0 Å². The molecule has 2 atom stereocenters. The van der Waals surface area contributed by atoms with Gasteiger partial charge in [-0.2, -0.15) is 0 Å². The van der Waals surface area contributed by atoms with E-state index in [1.54, 1.807) is 46.2 Å². The highest BCUT2D eigenvalue weighted by molar-refractivity contribution is 6.30. The van der Waals surface area contributed by atoms with Gasteiger partial charge in [-0.15, -0.1) is 11.6 Å². The minimum absolute atomic E-state index is 0.219. The Morgan fingerprint density at radius 3 is 2.21 bits per heavy atom. The lowest BCUT2D eigenvalue weighted by atomic mass is 9.99. The van der Waals surface area contributed by atoms with E-state index in [1.165, 1.54) is 12.0 Å². The molecule has 1 heterocycles. The molecule has 0 radical (unpaired) electrons. The number of nitrogens with zero attached hydrogens (tertiary/aromatic N) is 2. The maximum absolute atomic E-state index is 13.0. The van der Waals surface area contributed by atoms with Gasteiger partial charge < -0.3 is 14.2 Å². The van der Waals surface area contributed by atoms with Crippen LogP contribution < -0.4 is 0 Å². The van der Waals surface area contributed by atoms with Crippen LogP contribution in [0.15, 0.2) is 0 Å². The van der Waals surface area contributed by atoms with Crippen LogP contribution in [0.3, 0.4) is 0 Å². The van der Waals surface area contributed by atoms with Crippen molar-refractivity contribution in [3.05, 3.63) is 22.5 Å². The standard InChI is InChI=1S/C17H25ClN2O4/c1-8-20(16(22)10(3)18)12(5)15(21)13-9(2)14(17(23)24-7)19(6)11(13)4/h10,12H,8H2,1-7H3/t10-,12+/m0/s1. The fraction of sp³-hybridized carbons (Fsp3) is 0.588. The van der Waals surface area contributed by atoms with Crippen LogP contribution in [0.1, 0.15) is 52.9 Å². The van der Waals surface area contributed by atoms with Gasteiger partial charge in [0.15, 0.2) is 5.78 Å². The molecule has 1 amide bonds. The summed E-state index contributed by atoms with van der Waals surface area (Å²) in [6, 6.07) is -0.672. The van der Waals surface area contributed by atoms with Gasteiger partial charge in [0.05, 0.1) is 13.2 Å². The van der Waals surface area contributed by atoms with Crippen LogP contribution in [0.25, 0.3) is 0 Å². The summed E-state index contributed by atoms with van der Waals surface area (Å²) in [6.45, 7) is 8.90. The van der Waals surface area contributed by atoms with Crippen molar-refractivity contribution in [1.82, 2.24) is 9.47 Å². The summed E-state index contributed by atoms with van der Waals surface area (Å²) in [5, 5.41) is -0.705. The van der Waals surface area contributed by atoms with Crippen molar-refractivity contribution < 1.29 is 19.1 Å². The van der Waals surface area contributed by atoms with E-state index in [0.29, 0.717) is 29.1 Å². The van der Waals surface area contributed by atoms with Gasteiger partial charge in [-0.3, -0.25) is 9.59 Å². The minimum atomic E-state index is -0.705. The Bertz CT molecular complexity index is 664. The first kappa shape index (κ1) is 20.2. The van der Waals surface area contributed by atoms with E-state index in [4.69, 9.17) is 16.3 Å². The van der Waals surface area contributed by atoms with E-state index in [9.17, 15) is 14.4 Å². The number of carbonyl (C=O) groups is 3. The van der Waals surface area contributed by atoms with Crippen molar-refractivity contribution in [1.29, 1.82) is 0 Å². The Morgan fingerprint density at radius 1 is 1.25 bits per heavy atom. The Labute approximate surface area is 147 Å². The summed E-state index contributed by atoms with van der Waals surface area (Å²) < 4.78 is 6.43. The number of ketones is 1. The molecule has 134 valence electrons. The lowest BCUT2D eigenvalue weighted by Gasteiger charge is -2.28. The second-order valence-corrected chi connectivity index (χ2v) is 6.42. The van der Waals surface area contributed by atoms with Crippen LogP contribution in [0, 0.1) is 13.8 Å². The molecule has 24 heavy (non-hydrogen) atoms. The fourth-order valence-corrected chi connectivity index (χ4v) is 3.05. The Hall–Kier alpha value is -1.82. The first-order chi connectivity index (χ1) is 11.1. The Kier molecular flexibility index (Phi) is 6.60. The summed E-state index contributed by atoms with van der Waals surface area (Å²) in [4.78, 5) is 38.6. The normalized spacial score (nSPS) is 13.3. The van der Waals surface area contributed by atoms with Crippen molar-refractivity contribution in [3.63, 3.8) is 0 Å². The smallest absolute Gasteiger partial charge is 0.354 e. The quantitative estimate of drug-likeness (QED) is 0.446. The van der Waals surface area contributed by atoms with Crippen molar-refractivity contribution in [3.8, 4) is 0 Å². The second-order valence-electron chi connectivity index (χ2n) is 5.77. The van der Waals surface area contributed by atoms with Crippen LogP contribution in [0.5, 0.6) is 0 Å². The van der Waals surface area contributed by atoms with Gasteiger partial charge >= 0.3 is 5.97 Å². The number of amides is 1. The third-order valence-electron chi connectivity index (χ3n) is 4.37. The number of methoxy groups -OCH3 is 1. The Morgan fingerprint density at radius 2 is 1.79 bits per heavy atom. The van der Waals surface area contributed by atoms with E-state index < -0.39 is 17.4 Å². The third-order valence-corrected chi connectivity index (χ3v) is 4.55. The molecule has 0 aliphatic carbocycles. The molecule has 0 fully saturated rings. The first-order valence-electron chi connectivity index (χ1n) is 7.82. The molecule has 0 spiro atoms. The molecule has 0 saturated heterocycles. The molecule has 1 aromatic heterocycles. The average Bonchev–Trinajstić information content (AvgIpc) is 2.76. The molecule has 6 nitrogen and oxygen atoms in total.